The highest BCUT2D eigenvalue weighted by Crippen LogP contribution is 2.42. The van der Waals surface area contributed by atoms with Crippen LogP contribution in [0.2, 0.25) is 0 Å². The van der Waals surface area contributed by atoms with Gasteiger partial charge in [0.1, 0.15) is 0 Å². The summed E-state index contributed by atoms with van der Waals surface area (Å²) in [5, 5.41) is 0. The van der Waals surface area contributed by atoms with Crippen molar-refractivity contribution < 1.29 is 8.42 Å². The minimum Gasteiger partial charge on any atom is -0.269 e. The number of aryl methyl sites for hydroxylation is 1. The summed E-state index contributed by atoms with van der Waals surface area (Å²) in [4.78, 5) is 2.57. The van der Waals surface area contributed by atoms with Crippen molar-refractivity contribution in [3.63, 3.8) is 0 Å². The maximum atomic E-state index is 13.3. The molecule has 1 heterocycles. The predicted molar refractivity (Wildman–Crippen MR) is 106 cm³/mol. The summed E-state index contributed by atoms with van der Waals surface area (Å²) in [5.41, 5.74) is 1.05. The Morgan fingerprint density at radius 1 is 1.04 bits per heavy atom. The van der Waals surface area contributed by atoms with E-state index in [-0.39, 0.29) is 12.0 Å². The third-order valence-electron chi connectivity index (χ3n) is 4.88. The molecule has 0 spiro atoms. The third kappa shape index (κ3) is 3.33. The lowest BCUT2D eigenvalue weighted by Gasteiger charge is -2.36. The Hall–Kier alpha value is -1.98. The molecule has 0 N–H and O–H groups in total. The molecule has 0 saturated carbocycles. The molecule has 1 aliphatic carbocycles. The highest BCUT2D eigenvalue weighted by Gasteiger charge is 2.38. The van der Waals surface area contributed by atoms with E-state index in [4.69, 9.17) is 0 Å². The van der Waals surface area contributed by atoms with Gasteiger partial charge in [-0.1, -0.05) is 59.8 Å². The maximum Gasteiger partial charge on any atom is 0.264 e. The van der Waals surface area contributed by atoms with E-state index in [9.17, 15) is 8.42 Å². The Labute approximate surface area is 159 Å². The summed E-state index contributed by atoms with van der Waals surface area (Å²) in [6.07, 6.45) is 7.79. The molecule has 2 atom stereocenters. The molecule has 5 heteroatoms. The molecule has 0 aromatic heterocycles. The average Bonchev–Trinajstić information content (AvgIpc) is 3.10. The van der Waals surface area contributed by atoms with Crippen LogP contribution in [0.1, 0.15) is 18.4 Å². The summed E-state index contributed by atoms with van der Waals surface area (Å²) < 4.78 is 28.2. The van der Waals surface area contributed by atoms with E-state index in [0.717, 1.165) is 28.2 Å². The summed E-state index contributed by atoms with van der Waals surface area (Å²) in [7, 11) is -3.55. The highest BCUT2D eigenvalue weighted by atomic mass is 32.2. The normalized spacial score (nSPS) is 22.2. The molecule has 2 aliphatic rings. The monoisotopic (exact) mass is 383 g/mol. The number of allylic oxidation sites excluding steroid dienone is 1. The van der Waals surface area contributed by atoms with E-state index >= 15 is 0 Å². The standard InChI is InChI=1S/C21H21NO2S2/c1-16-10-12-20(13-11-16)26(23,24)22-15-19(14-17-6-5-9-21(17)22)25-18-7-3-2-4-8-18/h2-8,10-13,15,17,21H,9,14H2,1H3/t17-,21-/m0/s1. The number of sulfonamides is 1. The molecule has 134 valence electrons. The zero-order valence-electron chi connectivity index (χ0n) is 14.6. The Bertz CT molecular complexity index is 947. The number of thioether (sulfide) groups is 1. The molecule has 0 fully saturated rings. The van der Waals surface area contributed by atoms with Crippen LogP contribution in [0.5, 0.6) is 0 Å². The van der Waals surface area contributed by atoms with E-state index in [2.05, 4.69) is 24.3 Å². The second-order valence-electron chi connectivity index (χ2n) is 6.76. The maximum absolute atomic E-state index is 13.3. The molecule has 0 bridgehead atoms. The van der Waals surface area contributed by atoms with Gasteiger partial charge in [-0.2, -0.15) is 0 Å². The van der Waals surface area contributed by atoms with E-state index < -0.39 is 10.0 Å². The van der Waals surface area contributed by atoms with Crippen LogP contribution in [0.25, 0.3) is 0 Å². The van der Waals surface area contributed by atoms with Crippen LogP contribution in [0.3, 0.4) is 0 Å². The van der Waals surface area contributed by atoms with E-state index in [1.54, 1.807) is 28.2 Å². The number of hydrogen-bond acceptors (Lipinski definition) is 3. The van der Waals surface area contributed by atoms with Crippen LogP contribution in [-0.2, 0) is 10.0 Å². The SMILES string of the molecule is Cc1ccc(S(=O)(=O)N2C=C(Sc3ccccc3)C[C@@H]3C=CC[C@@H]32)cc1. The van der Waals surface area contributed by atoms with Gasteiger partial charge in [-0.3, -0.25) is 4.31 Å². The lowest BCUT2D eigenvalue weighted by atomic mass is 9.97. The summed E-state index contributed by atoms with van der Waals surface area (Å²) in [5.74, 6) is 0.242. The van der Waals surface area contributed by atoms with Gasteiger partial charge in [0.15, 0.2) is 0 Å². The van der Waals surface area contributed by atoms with Crippen LogP contribution < -0.4 is 0 Å². The molecule has 26 heavy (non-hydrogen) atoms. The van der Waals surface area contributed by atoms with Crippen molar-refractivity contribution in [2.24, 2.45) is 5.92 Å². The van der Waals surface area contributed by atoms with Crippen LogP contribution >= 0.6 is 11.8 Å². The summed E-state index contributed by atoms with van der Waals surface area (Å²) in [6.45, 7) is 1.96. The number of nitrogens with zero attached hydrogens (tertiary/aromatic N) is 1. The molecule has 3 nitrogen and oxygen atoms in total. The molecule has 4 rings (SSSR count). The van der Waals surface area contributed by atoms with Gasteiger partial charge in [-0.25, -0.2) is 8.42 Å². The number of rotatable bonds is 4. The van der Waals surface area contributed by atoms with Gasteiger partial charge in [0.05, 0.1) is 10.9 Å². The van der Waals surface area contributed by atoms with Gasteiger partial charge < -0.3 is 0 Å². The quantitative estimate of drug-likeness (QED) is 0.700. The minimum absolute atomic E-state index is 0.0126. The third-order valence-corrected chi connectivity index (χ3v) is 7.72. The molecular weight excluding hydrogens is 362 g/mol. The van der Waals surface area contributed by atoms with Crippen LogP contribution in [0.15, 0.2) is 87.6 Å². The predicted octanol–water partition coefficient (Wildman–Crippen LogP) is 4.97. The zero-order chi connectivity index (χ0) is 18.1. The van der Waals surface area contributed by atoms with E-state index in [1.807, 2.05) is 43.5 Å². The number of benzene rings is 2. The fraction of sp³-hybridized carbons (Fsp3) is 0.238. The first kappa shape index (κ1) is 17.4. The zero-order valence-corrected chi connectivity index (χ0v) is 16.2. The molecule has 1 aliphatic heterocycles. The van der Waals surface area contributed by atoms with Crippen molar-refractivity contribution in [3.05, 3.63) is 83.4 Å². The first-order chi connectivity index (χ1) is 12.5. The van der Waals surface area contributed by atoms with Gasteiger partial charge in [0.25, 0.3) is 10.0 Å². The van der Waals surface area contributed by atoms with Crippen molar-refractivity contribution in [2.75, 3.05) is 0 Å². The molecular formula is C21H21NO2S2. The molecule has 0 saturated heterocycles. The highest BCUT2D eigenvalue weighted by molar-refractivity contribution is 8.03. The number of fused-ring (bicyclic) bond motifs is 1. The molecule has 0 unspecified atom stereocenters. The molecule has 2 aromatic rings. The second kappa shape index (κ2) is 6.97. The molecule has 0 radical (unpaired) electrons. The van der Waals surface area contributed by atoms with Gasteiger partial charge in [0.2, 0.25) is 0 Å². The summed E-state index contributed by atoms with van der Waals surface area (Å²) >= 11 is 1.65. The lowest BCUT2D eigenvalue weighted by molar-refractivity contribution is 0.323. The molecule has 2 aromatic carbocycles. The fourth-order valence-corrected chi connectivity index (χ4v) is 6.20. The van der Waals surface area contributed by atoms with Crippen molar-refractivity contribution in [1.29, 1.82) is 0 Å². The van der Waals surface area contributed by atoms with Crippen molar-refractivity contribution >= 4 is 21.8 Å². The minimum atomic E-state index is -3.55. The van der Waals surface area contributed by atoms with Crippen molar-refractivity contribution in [2.45, 2.75) is 35.6 Å². The first-order valence-electron chi connectivity index (χ1n) is 8.74. The van der Waals surface area contributed by atoms with Gasteiger partial charge >= 0.3 is 0 Å². The number of hydrogen-bond donors (Lipinski definition) is 0. The Morgan fingerprint density at radius 2 is 1.77 bits per heavy atom. The Morgan fingerprint density at radius 3 is 2.50 bits per heavy atom. The average molecular weight is 384 g/mol. The van der Waals surface area contributed by atoms with Crippen molar-refractivity contribution in [1.82, 2.24) is 4.31 Å². The van der Waals surface area contributed by atoms with E-state index in [0.29, 0.717) is 4.90 Å². The second-order valence-corrected chi connectivity index (χ2v) is 9.80. The Balaban J connectivity index is 1.70. The van der Waals surface area contributed by atoms with Crippen molar-refractivity contribution in [3.8, 4) is 0 Å². The van der Waals surface area contributed by atoms with Gasteiger partial charge in [-0.05, 0) is 44.0 Å². The fourth-order valence-electron chi connectivity index (χ4n) is 3.50. The first-order valence-corrected chi connectivity index (χ1v) is 11.0. The Kier molecular flexibility index (Phi) is 4.67. The van der Waals surface area contributed by atoms with E-state index in [1.165, 1.54) is 0 Å². The lowest BCUT2D eigenvalue weighted by Crippen LogP contribution is -2.41. The topological polar surface area (TPSA) is 37.4 Å². The van der Waals surface area contributed by atoms with Crippen LogP contribution in [0, 0.1) is 12.8 Å². The van der Waals surface area contributed by atoms with Gasteiger partial charge in [-0.15, -0.1) is 0 Å². The van der Waals surface area contributed by atoms with Gasteiger partial charge in [0, 0.05) is 21.9 Å². The smallest absolute Gasteiger partial charge is 0.264 e. The van der Waals surface area contributed by atoms with Crippen LogP contribution in [-0.4, -0.2) is 18.8 Å². The largest absolute Gasteiger partial charge is 0.269 e. The molecule has 0 amide bonds. The van der Waals surface area contributed by atoms with Crippen LogP contribution in [0.4, 0.5) is 0 Å². The summed E-state index contributed by atoms with van der Waals surface area (Å²) in [6, 6.07) is 17.2.